The van der Waals surface area contributed by atoms with Crippen LogP contribution in [0.1, 0.15) is 6.42 Å². The van der Waals surface area contributed by atoms with Crippen LogP contribution in [0.2, 0.25) is 0 Å². The van der Waals surface area contributed by atoms with E-state index < -0.39 is 0 Å². The average molecular weight is 207 g/mol. The molecule has 2 heterocycles. The summed E-state index contributed by atoms with van der Waals surface area (Å²) >= 11 is 0. The molecule has 1 aromatic heterocycles. The third-order valence-corrected chi connectivity index (χ3v) is 2.29. The molecular weight excluding hydrogens is 194 g/mol. The first kappa shape index (κ1) is 9.70. The van der Waals surface area contributed by atoms with Crippen LogP contribution in [0.25, 0.3) is 0 Å². The minimum atomic E-state index is 0.0842. The monoisotopic (exact) mass is 207 g/mol. The first-order valence-electron chi connectivity index (χ1n) is 4.85. The number of nitrogens with zero attached hydrogens (tertiary/aromatic N) is 3. The van der Waals surface area contributed by atoms with Crippen LogP contribution in [0, 0.1) is 0 Å². The van der Waals surface area contributed by atoms with Crippen molar-refractivity contribution in [2.75, 3.05) is 30.3 Å². The second kappa shape index (κ2) is 4.12. The molecule has 0 aliphatic carbocycles. The van der Waals surface area contributed by atoms with Crippen LogP contribution in [0.15, 0.2) is 12.4 Å². The Balaban J connectivity index is 2.09. The second-order valence-electron chi connectivity index (χ2n) is 3.39. The molecule has 0 aromatic carbocycles. The molecule has 80 valence electrons. The van der Waals surface area contributed by atoms with E-state index in [4.69, 9.17) is 5.73 Å². The summed E-state index contributed by atoms with van der Waals surface area (Å²) < 4.78 is 0. The fourth-order valence-electron chi connectivity index (χ4n) is 1.49. The van der Waals surface area contributed by atoms with E-state index in [9.17, 15) is 4.79 Å². The molecule has 6 heteroatoms. The van der Waals surface area contributed by atoms with Crippen molar-refractivity contribution >= 4 is 17.5 Å². The van der Waals surface area contributed by atoms with Crippen LogP contribution in [0.3, 0.4) is 0 Å². The Morgan fingerprint density at radius 3 is 2.93 bits per heavy atom. The van der Waals surface area contributed by atoms with Crippen LogP contribution in [0.4, 0.5) is 11.6 Å². The number of nitrogens with two attached hydrogens (primary N) is 1. The number of anilines is 2. The van der Waals surface area contributed by atoms with Crippen molar-refractivity contribution in [3.05, 3.63) is 12.4 Å². The van der Waals surface area contributed by atoms with Crippen molar-refractivity contribution in [3.63, 3.8) is 0 Å². The summed E-state index contributed by atoms with van der Waals surface area (Å²) in [5.41, 5.74) is 5.45. The van der Waals surface area contributed by atoms with Gasteiger partial charge >= 0.3 is 0 Å². The molecule has 1 aliphatic heterocycles. The van der Waals surface area contributed by atoms with E-state index in [2.05, 4.69) is 15.3 Å². The summed E-state index contributed by atoms with van der Waals surface area (Å²) in [4.78, 5) is 21.3. The maximum absolute atomic E-state index is 11.1. The zero-order chi connectivity index (χ0) is 10.7. The maximum Gasteiger partial charge on any atom is 0.221 e. The smallest absolute Gasteiger partial charge is 0.221 e. The van der Waals surface area contributed by atoms with Crippen molar-refractivity contribution in [1.29, 1.82) is 0 Å². The lowest BCUT2D eigenvalue weighted by Gasteiger charge is -2.19. The number of rotatable bonds is 1. The van der Waals surface area contributed by atoms with E-state index in [1.165, 1.54) is 6.20 Å². The number of hydrogen-bond acceptors (Lipinski definition) is 5. The van der Waals surface area contributed by atoms with Gasteiger partial charge in [-0.2, -0.15) is 0 Å². The predicted octanol–water partition coefficient (Wildman–Crippen LogP) is -0.615. The van der Waals surface area contributed by atoms with Gasteiger partial charge < -0.3 is 16.0 Å². The molecule has 1 aromatic rings. The highest BCUT2D eigenvalue weighted by atomic mass is 16.1. The van der Waals surface area contributed by atoms with E-state index in [-0.39, 0.29) is 5.91 Å². The summed E-state index contributed by atoms with van der Waals surface area (Å²) in [6, 6.07) is 0. The van der Waals surface area contributed by atoms with Crippen molar-refractivity contribution < 1.29 is 4.79 Å². The molecule has 0 spiro atoms. The highest BCUT2D eigenvalue weighted by molar-refractivity contribution is 5.77. The molecule has 0 saturated carbocycles. The molecule has 0 unspecified atom stereocenters. The summed E-state index contributed by atoms with van der Waals surface area (Å²) in [5, 5.41) is 2.80. The number of carbonyl (C=O) groups is 1. The molecule has 6 nitrogen and oxygen atoms in total. The lowest BCUT2D eigenvalue weighted by Crippen LogP contribution is -2.29. The minimum Gasteiger partial charge on any atom is -0.382 e. The Morgan fingerprint density at radius 1 is 1.33 bits per heavy atom. The highest BCUT2D eigenvalue weighted by Gasteiger charge is 2.14. The number of hydrogen-bond donors (Lipinski definition) is 2. The van der Waals surface area contributed by atoms with E-state index in [1.54, 1.807) is 6.20 Å². The Morgan fingerprint density at radius 2 is 2.20 bits per heavy atom. The molecule has 1 fully saturated rings. The summed E-state index contributed by atoms with van der Waals surface area (Å²) in [7, 11) is 0. The number of amides is 1. The maximum atomic E-state index is 11.1. The minimum absolute atomic E-state index is 0.0842. The van der Waals surface area contributed by atoms with Gasteiger partial charge in [-0.15, -0.1) is 0 Å². The van der Waals surface area contributed by atoms with Gasteiger partial charge in [0.2, 0.25) is 5.91 Å². The van der Waals surface area contributed by atoms with Crippen LogP contribution >= 0.6 is 0 Å². The first-order valence-corrected chi connectivity index (χ1v) is 4.85. The third-order valence-electron chi connectivity index (χ3n) is 2.29. The largest absolute Gasteiger partial charge is 0.382 e. The first-order chi connectivity index (χ1) is 7.25. The summed E-state index contributed by atoms with van der Waals surface area (Å²) in [6.07, 6.45) is 3.65. The summed E-state index contributed by atoms with van der Waals surface area (Å²) in [5.74, 6) is 1.25. The van der Waals surface area contributed by atoms with Gasteiger partial charge in [0, 0.05) is 26.1 Å². The van der Waals surface area contributed by atoms with Crippen LogP contribution < -0.4 is 16.0 Å². The van der Waals surface area contributed by atoms with E-state index in [0.29, 0.717) is 25.3 Å². The van der Waals surface area contributed by atoms with E-state index in [1.807, 2.05) is 4.90 Å². The van der Waals surface area contributed by atoms with Crippen LogP contribution in [0.5, 0.6) is 0 Å². The van der Waals surface area contributed by atoms with Crippen molar-refractivity contribution in [3.8, 4) is 0 Å². The average Bonchev–Trinajstić information content (AvgIpc) is 2.44. The van der Waals surface area contributed by atoms with Crippen molar-refractivity contribution in [2.24, 2.45) is 0 Å². The van der Waals surface area contributed by atoms with Gasteiger partial charge in [-0.3, -0.25) is 4.79 Å². The molecule has 1 amide bonds. The predicted molar refractivity (Wildman–Crippen MR) is 56.3 cm³/mol. The normalized spacial score (nSPS) is 17.1. The van der Waals surface area contributed by atoms with Gasteiger partial charge in [-0.05, 0) is 0 Å². The molecule has 0 bridgehead atoms. The lowest BCUT2D eigenvalue weighted by molar-refractivity contribution is -0.120. The Hall–Kier alpha value is -1.85. The molecule has 0 atom stereocenters. The molecule has 0 radical (unpaired) electrons. The Labute approximate surface area is 87.5 Å². The van der Waals surface area contributed by atoms with Gasteiger partial charge in [0.15, 0.2) is 0 Å². The third kappa shape index (κ3) is 2.34. The van der Waals surface area contributed by atoms with Gasteiger partial charge in [0.25, 0.3) is 0 Å². The van der Waals surface area contributed by atoms with Crippen molar-refractivity contribution in [1.82, 2.24) is 15.3 Å². The molecular formula is C9H13N5O. The number of nitrogens with one attached hydrogen (secondary N) is 1. The Bertz CT molecular complexity index is 350. The van der Waals surface area contributed by atoms with Gasteiger partial charge in [-0.1, -0.05) is 0 Å². The molecule has 1 saturated heterocycles. The van der Waals surface area contributed by atoms with Gasteiger partial charge in [0.05, 0.1) is 12.4 Å². The quantitative estimate of drug-likeness (QED) is 0.641. The second-order valence-corrected chi connectivity index (χ2v) is 3.39. The number of aromatic nitrogens is 2. The van der Waals surface area contributed by atoms with Crippen LogP contribution in [-0.4, -0.2) is 35.5 Å². The molecule has 1 aliphatic rings. The fraction of sp³-hybridized carbons (Fsp3) is 0.444. The fourth-order valence-corrected chi connectivity index (χ4v) is 1.49. The van der Waals surface area contributed by atoms with Gasteiger partial charge in [-0.25, -0.2) is 9.97 Å². The SMILES string of the molecule is Nc1cnc(N2CCNC(=O)CC2)cn1. The summed E-state index contributed by atoms with van der Waals surface area (Å²) in [6.45, 7) is 2.07. The zero-order valence-corrected chi connectivity index (χ0v) is 8.31. The van der Waals surface area contributed by atoms with Crippen LogP contribution in [-0.2, 0) is 4.79 Å². The van der Waals surface area contributed by atoms with E-state index in [0.717, 1.165) is 12.4 Å². The zero-order valence-electron chi connectivity index (χ0n) is 8.31. The number of nitrogen functional groups attached to an aromatic ring is 1. The topological polar surface area (TPSA) is 84.1 Å². The van der Waals surface area contributed by atoms with E-state index >= 15 is 0 Å². The lowest BCUT2D eigenvalue weighted by atomic mass is 10.4. The van der Waals surface area contributed by atoms with Gasteiger partial charge in [0.1, 0.15) is 11.6 Å². The molecule has 3 N–H and O–H groups in total. The highest BCUT2D eigenvalue weighted by Crippen LogP contribution is 2.10. The Kier molecular flexibility index (Phi) is 2.66. The van der Waals surface area contributed by atoms with Crippen molar-refractivity contribution in [2.45, 2.75) is 6.42 Å². The molecule has 2 rings (SSSR count). The standard InChI is InChI=1S/C9H13N5O/c10-7-5-13-8(6-12-7)14-3-1-9(15)11-2-4-14/h5-6H,1-4H2,(H2,10,12)(H,11,15). The number of carbonyl (C=O) groups excluding carboxylic acids is 1. The molecule has 15 heavy (non-hydrogen) atoms.